The van der Waals surface area contributed by atoms with Gasteiger partial charge in [-0.2, -0.15) is 0 Å². The van der Waals surface area contributed by atoms with E-state index in [1.165, 1.54) is 0 Å². The predicted molar refractivity (Wildman–Crippen MR) is 65.8 cm³/mol. The molecule has 1 aromatic heterocycles. The molecule has 4 nitrogen and oxygen atoms in total. The average Bonchev–Trinajstić information content (AvgIpc) is 3.04. The Balaban J connectivity index is 1.72. The molecule has 1 atom stereocenters. The lowest BCUT2D eigenvalue weighted by molar-refractivity contribution is -0.122. The summed E-state index contributed by atoms with van der Waals surface area (Å²) in [7, 11) is 0. The van der Waals surface area contributed by atoms with Gasteiger partial charge in [0.25, 0.3) is 0 Å². The Labute approximate surface area is 101 Å². The number of pyridine rings is 1. The third-order valence-electron chi connectivity index (χ3n) is 3.42. The number of nitrogens with one attached hydrogen (secondary N) is 1. The molecule has 1 aliphatic carbocycles. The van der Waals surface area contributed by atoms with E-state index < -0.39 is 0 Å². The highest BCUT2D eigenvalue weighted by molar-refractivity contribution is 5.86. The van der Waals surface area contributed by atoms with Gasteiger partial charge in [-0.3, -0.25) is 4.79 Å². The molecular formula is C13H17N3O. The van der Waals surface area contributed by atoms with Gasteiger partial charge >= 0.3 is 0 Å². The van der Waals surface area contributed by atoms with Crippen molar-refractivity contribution in [2.75, 3.05) is 11.4 Å². The second-order valence-electron chi connectivity index (χ2n) is 4.82. The molecule has 0 radical (unpaired) electrons. The normalized spacial score (nSPS) is 23.8. The number of aromatic nitrogens is 1. The fourth-order valence-corrected chi connectivity index (χ4v) is 2.36. The first-order valence-electron chi connectivity index (χ1n) is 6.32. The predicted octanol–water partition coefficient (Wildman–Crippen LogP) is 1.33. The van der Waals surface area contributed by atoms with Gasteiger partial charge in [0.2, 0.25) is 5.91 Å². The van der Waals surface area contributed by atoms with Crippen molar-refractivity contribution in [2.24, 2.45) is 0 Å². The maximum atomic E-state index is 12.1. The second-order valence-corrected chi connectivity index (χ2v) is 4.82. The zero-order chi connectivity index (χ0) is 11.7. The van der Waals surface area contributed by atoms with E-state index >= 15 is 0 Å². The molecule has 90 valence electrons. The van der Waals surface area contributed by atoms with Gasteiger partial charge in [-0.1, -0.05) is 6.07 Å². The molecule has 1 aliphatic heterocycles. The number of carbonyl (C=O) groups is 1. The lowest BCUT2D eigenvalue weighted by Gasteiger charge is -2.24. The lowest BCUT2D eigenvalue weighted by Crippen LogP contribution is -2.44. The summed E-state index contributed by atoms with van der Waals surface area (Å²) in [5, 5.41) is 3.09. The van der Waals surface area contributed by atoms with Gasteiger partial charge in [0.15, 0.2) is 0 Å². The van der Waals surface area contributed by atoms with E-state index in [0.717, 1.165) is 38.0 Å². The van der Waals surface area contributed by atoms with Crippen molar-refractivity contribution >= 4 is 11.7 Å². The standard InChI is InChI=1S/C13H17N3O/c17-13(15-10-6-7-10)11-4-3-9-16(11)12-5-1-2-8-14-12/h1-2,5,8,10-11H,3-4,6-7,9H2,(H,15,17). The van der Waals surface area contributed by atoms with Crippen LogP contribution in [0.3, 0.4) is 0 Å². The van der Waals surface area contributed by atoms with E-state index in [-0.39, 0.29) is 11.9 Å². The molecule has 0 spiro atoms. The van der Waals surface area contributed by atoms with Gasteiger partial charge in [0.1, 0.15) is 11.9 Å². The molecule has 2 heterocycles. The first-order chi connectivity index (χ1) is 8.34. The Morgan fingerprint density at radius 3 is 2.94 bits per heavy atom. The van der Waals surface area contributed by atoms with Crippen LogP contribution in [0.25, 0.3) is 0 Å². The fraction of sp³-hybridized carbons (Fsp3) is 0.538. The van der Waals surface area contributed by atoms with Crippen LogP contribution in [0, 0.1) is 0 Å². The van der Waals surface area contributed by atoms with Crippen molar-refractivity contribution < 1.29 is 4.79 Å². The summed E-state index contributed by atoms with van der Waals surface area (Å²) in [5.74, 6) is 1.09. The highest BCUT2D eigenvalue weighted by Crippen LogP contribution is 2.25. The lowest BCUT2D eigenvalue weighted by atomic mass is 10.2. The van der Waals surface area contributed by atoms with Crippen molar-refractivity contribution in [3.8, 4) is 0 Å². The van der Waals surface area contributed by atoms with E-state index in [4.69, 9.17) is 0 Å². The van der Waals surface area contributed by atoms with Crippen molar-refractivity contribution in [3.63, 3.8) is 0 Å². The summed E-state index contributed by atoms with van der Waals surface area (Å²) in [6, 6.07) is 6.26. The highest BCUT2D eigenvalue weighted by Gasteiger charge is 2.34. The van der Waals surface area contributed by atoms with E-state index in [2.05, 4.69) is 15.2 Å². The maximum Gasteiger partial charge on any atom is 0.242 e. The number of rotatable bonds is 3. The average molecular weight is 231 g/mol. The number of amides is 1. The van der Waals surface area contributed by atoms with Crippen LogP contribution in [0.15, 0.2) is 24.4 Å². The van der Waals surface area contributed by atoms with Crippen LogP contribution < -0.4 is 10.2 Å². The van der Waals surface area contributed by atoms with Crippen LogP contribution in [0.4, 0.5) is 5.82 Å². The fourth-order valence-electron chi connectivity index (χ4n) is 2.36. The topological polar surface area (TPSA) is 45.2 Å². The molecule has 0 aromatic carbocycles. The molecule has 1 amide bonds. The molecule has 2 fully saturated rings. The van der Waals surface area contributed by atoms with Gasteiger partial charge < -0.3 is 10.2 Å². The van der Waals surface area contributed by atoms with Gasteiger partial charge in [-0.25, -0.2) is 4.98 Å². The molecule has 1 aromatic rings. The molecule has 1 N–H and O–H groups in total. The number of hydrogen-bond acceptors (Lipinski definition) is 3. The minimum atomic E-state index is -0.0227. The van der Waals surface area contributed by atoms with Crippen molar-refractivity contribution in [1.29, 1.82) is 0 Å². The minimum Gasteiger partial charge on any atom is -0.352 e. The Morgan fingerprint density at radius 2 is 2.24 bits per heavy atom. The first-order valence-corrected chi connectivity index (χ1v) is 6.32. The van der Waals surface area contributed by atoms with Gasteiger partial charge in [0.05, 0.1) is 0 Å². The van der Waals surface area contributed by atoms with Gasteiger partial charge in [-0.05, 0) is 37.8 Å². The molecule has 1 saturated carbocycles. The van der Waals surface area contributed by atoms with E-state index in [0.29, 0.717) is 6.04 Å². The monoisotopic (exact) mass is 231 g/mol. The van der Waals surface area contributed by atoms with Crippen LogP contribution in [-0.4, -0.2) is 29.5 Å². The van der Waals surface area contributed by atoms with Crippen LogP contribution in [0.2, 0.25) is 0 Å². The Hall–Kier alpha value is -1.58. The van der Waals surface area contributed by atoms with Crippen LogP contribution in [-0.2, 0) is 4.79 Å². The molecule has 17 heavy (non-hydrogen) atoms. The summed E-state index contributed by atoms with van der Waals surface area (Å²) in [6.07, 6.45) is 6.07. The Bertz CT molecular complexity index is 402. The van der Waals surface area contributed by atoms with Crippen LogP contribution in [0.1, 0.15) is 25.7 Å². The van der Waals surface area contributed by atoms with Crippen molar-refractivity contribution in [3.05, 3.63) is 24.4 Å². The number of nitrogens with zero attached hydrogens (tertiary/aromatic N) is 2. The molecular weight excluding hydrogens is 214 g/mol. The van der Waals surface area contributed by atoms with Gasteiger partial charge in [0, 0.05) is 18.8 Å². The SMILES string of the molecule is O=C(NC1CC1)C1CCCN1c1ccccn1. The maximum absolute atomic E-state index is 12.1. The number of hydrogen-bond donors (Lipinski definition) is 1. The summed E-state index contributed by atoms with van der Waals surface area (Å²) >= 11 is 0. The molecule has 3 rings (SSSR count). The van der Waals surface area contributed by atoms with Crippen molar-refractivity contribution in [1.82, 2.24) is 10.3 Å². The molecule has 2 aliphatic rings. The van der Waals surface area contributed by atoms with Gasteiger partial charge in [-0.15, -0.1) is 0 Å². The molecule has 1 saturated heterocycles. The Kier molecular flexibility index (Phi) is 2.71. The molecule has 0 bridgehead atoms. The third kappa shape index (κ3) is 2.25. The van der Waals surface area contributed by atoms with Crippen molar-refractivity contribution in [2.45, 2.75) is 37.8 Å². The summed E-state index contributed by atoms with van der Waals surface area (Å²) in [4.78, 5) is 18.6. The first kappa shape index (κ1) is 10.6. The minimum absolute atomic E-state index is 0.0227. The zero-order valence-corrected chi connectivity index (χ0v) is 9.80. The summed E-state index contributed by atoms with van der Waals surface area (Å²) in [6.45, 7) is 0.930. The van der Waals surface area contributed by atoms with E-state index in [1.54, 1.807) is 6.20 Å². The van der Waals surface area contributed by atoms with E-state index in [9.17, 15) is 4.79 Å². The molecule has 1 unspecified atom stereocenters. The zero-order valence-electron chi connectivity index (χ0n) is 9.80. The third-order valence-corrected chi connectivity index (χ3v) is 3.42. The molecule has 4 heteroatoms. The number of carbonyl (C=O) groups excluding carboxylic acids is 1. The summed E-state index contributed by atoms with van der Waals surface area (Å²) < 4.78 is 0. The van der Waals surface area contributed by atoms with Crippen LogP contribution >= 0.6 is 0 Å². The number of anilines is 1. The second kappa shape index (κ2) is 4.35. The van der Waals surface area contributed by atoms with Crippen LogP contribution in [0.5, 0.6) is 0 Å². The highest BCUT2D eigenvalue weighted by atomic mass is 16.2. The quantitative estimate of drug-likeness (QED) is 0.853. The summed E-state index contributed by atoms with van der Waals surface area (Å²) in [5.41, 5.74) is 0. The Morgan fingerprint density at radius 1 is 1.35 bits per heavy atom. The smallest absolute Gasteiger partial charge is 0.242 e. The van der Waals surface area contributed by atoms with E-state index in [1.807, 2.05) is 18.2 Å². The largest absolute Gasteiger partial charge is 0.352 e.